The first-order valence-electron chi connectivity index (χ1n) is 6.09. The lowest BCUT2D eigenvalue weighted by molar-refractivity contribution is -0.385. The highest BCUT2D eigenvalue weighted by atomic mass is 32.2. The minimum atomic E-state index is -0.375. The highest BCUT2D eigenvalue weighted by Crippen LogP contribution is 2.32. The largest absolute Gasteiger partial charge is 0.457 e. The Morgan fingerprint density at radius 2 is 1.90 bits per heavy atom. The molecular formula is C15H15NO3S. The van der Waals surface area contributed by atoms with Gasteiger partial charge < -0.3 is 4.74 Å². The topological polar surface area (TPSA) is 52.4 Å². The molecule has 2 rings (SSSR count). The maximum atomic E-state index is 10.9. The van der Waals surface area contributed by atoms with Crippen LogP contribution < -0.4 is 4.74 Å². The second-order valence-corrected chi connectivity index (χ2v) is 5.32. The van der Waals surface area contributed by atoms with Crippen LogP contribution >= 0.6 is 11.8 Å². The third-order valence-electron chi connectivity index (χ3n) is 2.96. The van der Waals surface area contributed by atoms with E-state index in [2.05, 4.69) is 0 Å². The molecule has 0 aliphatic rings. The number of nitrogens with zero attached hydrogens (tertiary/aromatic N) is 1. The predicted octanol–water partition coefficient (Wildman–Crippen LogP) is 4.73. The molecule has 0 bridgehead atoms. The molecule has 0 heterocycles. The van der Waals surface area contributed by atoms with E-state index >= 15 is 0 Å². The van der Waals surface area contributed by atoms with Crippen LogP contribution in [0.15, 0.2) is 41.3 Å². The van der Waals surface area contributed by atoms with E-state index in [4.69, 9.17) is 4.74 Å². The smallest absolute Gasteiger partial charge is 0.272 e. The van der Waals surface area contributed by atoms with Crippen LogP contribution in [-0.4, -0.2) is 11.2 Å². The van der Waals surface area contributed by atoms with Crippen LogP contribution in [0.25, 0.3) is 0 Å². The van der Waals surface area contributed by atoms with E-state index in [-0.39, 0.29) is 10.6 Å². The minimum Gasteiger partial charge on any atom is -0.457 e. The predicted molar refractivity (Wildman–Crippen MR) is 80.9 cm³/mol. The van der Waals surface area contributed by atoms with Crippen LogP contribution in [-0.2, 0) is 0 Å². The number of benzene rings is 2. The summed E-state index contributed by atoms with van der Waals surface area (Å²) in [6.45, 7) is 3.52. The summed E-state index contributed by atoms with van der Waals surface area (Å²) in [5.74, 6) is 1.37. The van der Waals surface area contributed by atoms with Crippen molar-refractivity contribution >= 4 is 17.4 Å². The molecule has 0 atom stereocenters. The highest BCUT2D eigenvalue weighted by molar-refractivity contribution is 7.98. The Labute approximate surface area is 121 Å². The first-order valence-corrected chi connectivity index (χ1v) is 7.31. The Morgan fingerprint density at radius 3 is 2.55 bits per heavy atom. The van der Waals surface area contributed by atoms with Gasteiger partial charge in [0.2, 0.25) is 0 Å². The van der Waals surface area contributed by atoms with Gasteiger partial charge in [0.25, 0.3) is 5.69 Å². The molecule has 20 heavy (non-hydrogen) atoms. The van der Waals surface area contributed by atoms with Crippen molar-refractivity contribution in [1.29, 1.82) is 0 Å². The molecule has 0 saturated heterocycles. The molecule has 0 unspecified atom stereocenters. The van der Waals surface area contributed by atoms with Gasteiger partial charge in [-0.25, -0.2) is 0 Å². The van der Waals surface area contributed by atoms with Crippen LogP contribution in [0.1, 0.15) is 11.1 Å². The van der Waals surface area contributed by atoms with Crippen LogP contribution in [0, 0.1) is 24.0 Å². The number of ether oxygens (including phenoxy) is 1. The molecule has 2 aromatic rings. The Kier molecular flexibility index (Phi) is 4.29. The van der Waals surface area contributed by atoms with E-state index < -0.39 is 0 Å². The molecule has 0 amide bonds. The van der Waals surface area contributed by atoms with Gasteiger partial charge in [-0.05, 0) is 49.9 Å². The number of hydrogen-bond donors (Lipinski definition) is 0. The second-order valence-electron chi connectivity index (χ2n) is 4.44. The maximum Gasteiger partial charge on any atom is 0.272 e. The fourth-order valence-electron chi connectivity index (χ4n) is 1.87. The molecule has 5 heteroatoms. The molecule has 104 valence electrons. The molecule has 0 spiro atoms. The van der Waals surface area contributed by atoms with Gasteiger partial charge >= 0.3 is 0 Å². The molecule has 0 aliphatic heterocycles. The number of aryl methyl sites for hydroxylation is 2. The quantitative estimate of drug-likeness (QED) is 0.464. The normalized spacial score (nSPS) is 10.3. The molecular weight excluding hydrogens is 274 g/mol. The summed E-state index contributed by atoms with van der Waals surface area (Å²) in [4.78, 5) is 11.6. The van der Waals surface area contributed by atoms with Crippen molar-refractivity contribution in [1.82, 2.24) is 0 Å². The Morgan fingerprint density at radius 1 is 1.15 bits per heavy atom. The first kappa shape index (κ1) is 14.4. The van der Waals surface area contributed by atoms with Crippen molar-refractivity contribution in [3.63, 3.8) is 0 Å². The monoisotopic (exact) mass is 289 g/mol. The first-order chi connectivity index (χ1) is 9.51. The molecule has 2 aromatic carbocycles. The number of nitro benzene ring substituents is 1. The molecule has 0 aromatic heterocycles. The SMILES string of the molecule is CSc1cccc(Oc2cc(C)c([N+](=O)[O-])cc2C)c1. The number of nitro groups is 1. The van der Waals surface area contributed by atoms with E-state index in [0.717, 1.165) is 16.2 Å². The van der Waals surface area contributed by atoms with Gasteiger partial charge in [-0.3, -0.25) is 10.1 Å². The zero-order chi connectivity index (χ0) is 14.7. The summed E-state index contributed by atoms with van der Waals surface area (Å²) in [5.41, 5.74) is 1.46. The molecule has 0 fully saturated rings. The van der Waals surface area contributed by atoms with E-state index in [0.29, 0.717) is 11.3 Å². The number of rotatable bonds is 4. The summed E-state index contributed by atoms with van der Waals surface area (Å²) in [7, 11) is 0. The second kappa shape index (κ2) is 5.96. The van der Waals surface area contributed by atoms with Gasteiger partial charge in [0.1, 0.15) is 11.5 Å². The minimum absolute atomic E-state index is 0.118. The Balaban J connectivity index is 2.34. The molecule has 0 aliphatic carbocycles. The van der Waals surface area contributed by atoms with Gasteiger partial charge in [0.05, 0.1) is 4.92 Å². The maximum absolute atomic E-state index is 10.9. The average Bonchev–Trinajstić information content (AvgIpc) is 2.42. The van der Waals surface area contributed by atoms with E-state index in [1.807, 2.05) is 30.5 Å². The van der Waals surface area contributed by atoms with Gasteiger partial charge in [-0.1, -0.05) is 6.07 Å². The summed E-state index contributed by atoms with van der Waals surface area (Å²) < 4.78 is 5.83. The van der Waals surface area contributed by atoms with Crippen molar-refractivity contribution in [3.8, 4) is 11.5 Å². The van der Waals surface area contributed by atoms with Crippen LogP contribution in [0.4, 0.5) is 5.69 Å². The lowest BCUT2D eigenvalue weighted by atomic mass is 10.1. The summed E-state index contributed by atoms with van der Waals surface area (Å²) >= 11 is 1.64. The molecule has 0 N–H and O–H groups in total. The van der Waals surface area contributed by atoms with Crippen molar-refractivity contribution in [2.45, 2.75) is 18.7 Å². The standard InChI is InChI=1S/C15H15NO3S/c1-10-8-15(11(2)7-14(10)16(17)18)19-12-5-4-6-13(9-12)20-3/h4-9H,1-3H3. The third kappa shape index (κ3) is 3.11. The van der Waals surface area contributed by atoms with E-state index in [9.17, 15) is 10.1 Å². The van der Waals surface area contributed by atoms with Gasteiger partial charge in [0, 0.05) is 16.5 Å². The van der Waals surface area contributed by atoms with Gasteiger partial charge in [-0.2, -0.15) is 0 Å². The number of thioether (sulfide) groups is 1. The van der Waals surface area contributed by atoms with Gasteiger partial charge in [0.15, 0.2) is 0 Å². The van der Waals surface area contributed by atoms with E-state index in [1.54, 1.807) is 37.7 Å². The fourth-order valence-corrected chi connectivity index (χ4v) is 2.32. The van der Waals surface area contributed by atoms with Crippen LogP contribution in [0.5, 0.6) is 11.5 Å². The molecule has 4 nitrogen and oxygen atoms in total. The fraction of sp³-hybridized carbons (Fsp3) is 0.200. The lowest BCUT2D eigenvalue weighted by Crippen LogP contribution is -1.95. The lowest BCUT2D eigenvalue weighted by Gasteiger charge is -2.10. The molecule has 0 radical (unpaired) electrons. The zero-order valence-electron chi connectivity index (χ0n) is 11.5. The van der Waals surface area contributed by atoms with Crippen LogP contribution in [0.2, 0.25) is 0 Å². The zero-order valence-corrected chi connectivity index (χ0v) is 12.4. The van der Waals surface area contributed by atoms with Crippen molar-refractivity contribution < 1.29 is 9.66 Å². The summed E-state index contributed by atoms with van der Waals surface area (Å²) in [5, 5.41) is 10.9. The van der Waals surface area contributed by atoms with Crippen LogP contribution in [0.3, 0.4) is 0 Å². The summed E-state index contributed by atoms with van der Waals surface area (Å²) in [6.07, 6.45) is 2.00. The summed E-state index contributed by atoms with van der Waals surface area (Å²) in [6, 6.07) is 11.0. The Bertz CT molecular complexity index is 656. The third-order valence-corrected chi connectivity index (χ3v) is 3.68. The van der Waals surface area contributed by atoms with Gasteiger partial charge in [-0.15, -0.1) is 11.8 Å². The average molecular weight is 289 g/mol. The van der Waals surface area contributed by atoms with Crippen molar-refractivity contribution in [2.24, 2.45) is 0 Å². The van der Waals surface area contributed by atoms with E-state index in [1.165, 1.54) is 0 Å². The highest BCUT2D eigenvalue weighted by Gasteiger charge is 2.14. The van der Waals surface area contributed by atoms with Crippen molar-refractivity contribution in [3.05, 3.63) is 57.6 Å². The molecule has 0 saturated carbocycles. The Hall–Kier alpha value is -2.01. The number of hydrogen-bond acceptors (Lipinski definition) is 4. The van der Waals surface area contributed by atoms with Crippen molar-refractivity contribution in [2.75, 3.05) is 6.26 Å².